The fraction of sp³-hybridized carbons (Fsp3) is 0.158. The standard InChI is InChI=1S/C19H18N6O2/c1-12(13-5-3-2-4-6-13)10-20-16-9-15(24-25-17(16)7-8-22-25)14-11-21-19(27)23-18(14)26/h2-9,11-12,20H,10H2,1H3,(H2,21,23,26,27)/t12-/m1/s1. The highest BCUT2D eigenvalue weighted by molar-refractivity contribution is 5.75. The summed E-state index contributed by atoms with van der Waals surface area (Å²) in [5.74, 6) is 0.294. The third kappa shape index (κ3) is 3.37. The topological polar surface area (TPSA) is 108 Å². The Morgan fingerprint density at radius 2 is 2.00 bits per heavy atom. The van der Waals surface area contributed by atoms with Crippen LogP contribution in [-0.4, -0.2) is 31.3 Å². The lowest BCUT2D eigenvalue weighted by atomic mass is 10.0. The average Bonchev–Trinajstić information content (AvgIpc) is 3.15. The molecular weight excluding hydrogens is 344 g/mol. The molecule has 1 atom stereocenters. The third-order valence-electron chi connectivity index (χ3n) is 4.45. The lowest BCUT2D eigenvalue weighted by Gasteiger charge is -2.15. The second kappa shape index (κ2) is 6.91. The van der Waals surface area contributed by atoms with Crippen molar-refractivity contribution in [2.75, 3.05) is 11.9 Å². The molecule has 27 heavy (non-hydrogen) atoms. The van der Waals surface area contributed by atoms with Crippen molar-refractivity contribution in [1.29, 1.82) is 0 Å². The molecule has 0 spiro atoms. The van der Waals surface area contributed by atoms with Gasteiger partial charge in [0.1, 0.15) is 11.2 Å². The zero-order valence-electron chi connectivity index (χ0n) is 14.6. The van der Waals surface area contributed by atoms with Crippen molar-refractivity contribution in [3.63, 3.8) is 0 Å². The average molecular weight is 362 g/mol. The third-order valence-corrected chi connectivity index (χ3v) is 4.45. The van der Waals surface area contributed by atoms with Crippen LogP contribution in [0.3, 0.4) is 0 Å². The van der Waals surface area contributed by atoms with Gasteiger partial charge in [0.15, 0.2) is 0 Å². The van der Waals surface area contributed by atoms with Crippen molar-refractivity contribution in [2.24, 2.45) is 0 Å². The first-order valence-corrected chi connectivity index (χ1v) is 8.58. The molecular formula is C19H18N6O2. The van der Waals surface area contributed by atoms with Crippen LogP contribution in [0.4, 0.5) is 5.69 Å². The molecule has 4 rings (SSSR count). The Labute approximate surface area is 153 Å². The van der Waals surface area contributed by atoms with E-state index in [2.05, 4.69) is 44.5 Å². The number of anilines is 1. The van der Waals surface area contributed by atoms with E-state index in [1.165, 1.54) is 16.4 Å². The van der Waals surface area contributed by atoms with E-state index in [1.54, 1.807) is 12.3 Å². The minimum atomic E-state index is -0.557. The Morgan fingerprint density at radius 3 is 2.78 bits per heavy atom. The van der Waals surface area contributed by atoms with Crippen LogP contribution in [-0.2, 0) is 0 Å². The van der Waals surface area contributed by atoms with E-state index in [4.69, 9.17) is 0 Å². The molecule has 0 unspecified atom stereocenters. The van der Waals surface area contributed by atoms with Gasteiger partial charge in [-0.3, -0.25) is 9.78 Å². The molecule has 0 amide bonds. The number of nitrogens with zero attached hydrogens (tertiary/aromatic N) is 3. The van der Waals surface area contributed by atoms with Crippen LogP contribution in [0.1, 0.15) is 18.4 Å². The summed E-state index contributed by atoms with van der Waals surface area (Å²) in [5.41, 5.74) is 2.48. The van der Waals surface area contributed by atoms with E-state index in [-0.39, 0.29) is 5.56 Å². The largest absolute Gasteiger partial charge is 0.383 e. The predicted molar refractivity (Wildman–Crippen MR) is 103 cm³/mol. The fourth-order valence-corrected chi connectivity index (χ4v) is 2.95. The predicted octanol–water partition coefficient (Wildman–Crippen LogP) is 1.99. The second-order valence-corrected chi connectivity index (χ2v) is 6.33. The van der Waals surface area contributed by atoms with Gasteiger partial charge in [-0.05, 0) is 23.6 Å². The van der Waals surface area contributed by atoms with Crippen LogP contribution in [0.15, 0.2) is 64.4 Å². The second-order valence-electron chi connectivity index (χ2n) is 6.33. The Bertz CT molecular complexity index is 1190. The van der Waals surface area contributed by atoms with Crippen LogP contribution in [0.5, 0.6) is 0 Å². The lowest BCUT2D eigenvalue weighted by Crippen LogP contribution is -2.23. The highest BCUT2D eigenvalue weighted by Crippen LogP contribution is 2.23. The van der Waals surface area contributed by atoms with Gasteiger partial charge in [-0.15, -0.1) is 9.73 Å². The van der Waals surface area contributed by atoms with E-state index in [0.29, 0.717) is 18.2 Å². The van der Waals surface area contributed by atoms with Gasteiger partial charge in [-0.1, -0.05) is 37.3 Å². The first kappa shape index (κ1) is 16.8. The van der Waals surface area contributed by atoms with E-state index in [0.717, 1.165) is 11.2 Å². The van der Waals surface area contributed by atoms with Crippen molar-refractivity contribution in [3.05, 3.63) is 81.3 Å². The highest BCUT2D eigenvalue weighted by atomic mass is 16.2. The zero-order chi connectivity index (χ0) is 18.8. The zero-order valence-corrected chi connectivity index (χ0v) is 14.6. The normalized spacial score (nSPS) is 12.2. The highest BCUT2D eigenvalue weighted by Gasteiger charge is 2.13. The van der Waals surface area contributed by atoms with Gasteiger partial charge >= 0.3 is 5.69 Å². The molecule has 4 aromatic rings. The number of nitrogens with one attached hydrogen (secondary N) is 3. The summed E-state index contributed by atoms with van der Waals surface area (Å²) in [6.07, 6.45) is 3.00. The van der Waals surface area contributed by atoms with Gasteiger partial charge in [0.2, 0.25) is 0 Å². The van der Waals surface area contributed by atoms with Crippen LogP contribution in [0.25, 0.3) is 16.8 Å². The lowest BCUT2D eigenvalue weighted by molar-refractivity contribution is 0.790. The van der Waals surface area contributed by atoms with Crippen molar-refractivity contribution < 1.29 is 0 Å². The van der Waals surface area contributed by atoms with Crippen molar-refractivity contribution >= 4 is 11.2 Å². The van der Waals surface area contributed by atoms with Gasteiger partial charge in [0.05, 0.1) is 17.4 Å². The SMILES string of the molecule is C[C@H](CNc1cc(-c2c[nH]c(=O)[nH]c2=O)nn2nccc12)c1ccccc1. The summed E-state index contributed by atoms with van der Waals surface area (Å²) in [7, 11) is 0. The quantitative estimate of drug-likeness (QED) is 0.503. The van der Waals surface area contributed by atoms with E-state index < -0.39 is 11.2 Å². The molecule has 3 heterocycles. The first-order chi connectivity index (χ1) is 13.1. The molecule has 0 radical (unpaired) electrons. The van der Waals surface area contributed by atoms with Gasteiger partial charge in [-0.2, -0.15) is 5.10 Å². The molecule has 0 aliphatic carbocycles. The summed E-state index contributed by atoms with van der Waals surface area (Å²) in [4.78, 5) is 28.1. The molecule has 3 aromatic heterocycles. The maximum Gasteiger partial charge on any atom is 0.325 e. The summed E-state index contributed by atoms with van der Waals surface area (Å²) < 4.78 is 1.47. The fourth-order valence-electron chi connectivity index (χ4n) is 2.95. The molecule has 8 heteroatoms. The van der Waals surface area contributed by atoms with E-state index in [9.17, 15) is 9.59 Å². The van der Waals surface area contributed by atoms with E-state index >= 15 is 0 Å². The number of fused-ring (bicyclic) bond motifs is 1. The molecule has 136 valence electrons. The van der Waals surface area contributed by atoms with Crippen LogP contribution in [0, 0.1) is 0 Å². The minimum absolute atomic E-state index is 0.270. The molecule has 0 saturated heterocycles. The maximum atomic E-state index is 12.1. The molecule has 8 nitrogen and oxygen atoms in total. The van der Waals surface area contributed by atoms with E-state index in [1.807, 2.05) is 24.3 Å². The van der Waals surface area contributed by atoms with Crippen molar-refractivity contribution in [1.82, 2.24) is 24.8 Å². The Balaban J connectivity index is 1.69. The monoisotopic (exact) mass is 362 g/mol. The summed E-state index contributed by atoms with van der Waals surface area (Å²) >= 11 is 0. The smallest absolute Gasteiger partial charge is 0.325 e. The van der Waals surface area contributed by atoms with Gasteiger partial charge in [0, 0.05) is 12.7 Å². The molecule has 0 saturated carbocycles. The number of aromatic nitrogens is 5. The summed E-state index contributed by atoms with van der Waals surface area (Å²) in [5, 5.41) is 12.0. The minimum Gasteiger partial charge on any atom is -0.383 e. The number of hydrogen-bond acceptors (Lipinski definition) is 5. The number of benzene rings is 1. The molecule has 0 aliphatic heterocycles. The number of hydrogen-bond donors (Lipinski definition) is 3. The van der Waals surface area contributed by atoms with Crippen molar-refractivity contribution in [2.45, 2.75) is 12.8 Å². The molecule has 3 N–H and O–H groups in total. The summed E-state index contributed by atoms with van der Waals surface area (Å²) in [6, 6.07) is 13.9. The Kier molecular flexibility index (Phi) is 4.29. The van der Waals surface area contributed by atoms with Gasteiger partial charge in [-0.25, -0.2) is 4.79 Å². The van der Waals surface area contributed by atoms with Crippen molar-refractivity contribution in [3.8, 4) is 11.3 Å². The van der Waals surface area contributed by atoms with Crippen LogP contribution in [0.2, 0.25) is 0 Å². The first-order valence-electron chi connectivity index (χ1n) is 8.58. The molecule has 0 fully saturated rings. The summed E-state index contributed by atoms with van der Waals surface area (Å²) in [6.45, 7) is 2.85. The Hall–Kier alpha value is -3.68. The number of H-pyrrole nitrogens is 2. The molecule has 1 aromatic carbocycles. The van der Waals surface area contributed by atoms with Gasteiger partial charge in [0.25, 0.3) is 5.56 Å². The molecule has 0 bridgehead atoms. The number of rotatable bonds is 5. The van der Waals surface area contributed by atoms with Crippen LogP contribution < -0.4 is 16.6 Å². The number of aromatic amines is 2. The molecule has 0 aliphatic rings. The van der Waals surface area contributed by atoms with Gasteiger partial charge < -0.3 is 10.3 Å². The Morgan fingerprint density at radius 1 is 1.19 bits per heavy atom. The maximum absolute atomic E-state index is 12.1. The van der Waals surface area contributed by atoms with Crippen LogP contribution >= 0.6 is 0 Å².